The zero-order valence-electron chi connectivity index (χ0n) is 12.7. The number of carbonyl (C=O) groups is 1. The number of benzene rings is 1. The second-order valence-electron chi connectivity index (χ2n) is 5.59. The third-order valence-corrected chi connectivity index (χ3v) is 5.02. The third-order valence-electron chi connectivity index (χ3n) is 3.97. The molecule has 3 rings (SSSR count). The summed E-state index contributed by atoms with van der Waals surface area (Å²) in [6.45, 7) is 4.50. The Kier molecular flexibility index (Phi) is 5.00. The molecule has 0 atom stereocenters. The number of piperazine rings is 1. The summed E-state index contributed by atoms with van der Waals surface area (Å²) in [5.41, 5.74) is 0.724. The summed E-state index contributed by atoms with van der Waals surface area (Å²) in [5.74, 6) is -0.314. The van der Waals surface area contributed by atoms with Gasteiger partial charge in [-0.05, 0) is 23.4 Å². The Morgan fingerprint density at radius 2 is 2.17 bits per heavy atom. The largest absolute Gasteiger partial charge is 0.872 e. The van der Waals surface area contributed by atoms with E-state index >= 15 is 0 Å². The molecule has 0 aliphatic carbocycles. The summed E-state index contributed by atoms with van der Waals surface area (Å²) < 4.78 is 0. The first kappa shape index (κ1) is 16.0. The average Bonchev–Trinajstić information content (AvgIpc) is 2.89. The van der Waals surface area contributed by atoms with Gasteiger partial charge in [0.2, 0.25) is 0 Å². The van der Waals surface area contributed by atoms with E-state index in [1.807, 2.05) is 0 Å². The quantitative estimate of drug-likeness (QED) is 0.688. The SMILES string of the molecule is O=C1N=C(N2CC[NH+](CCO)CC2)S/C1=C\c1cccc([O-])c1. The van der Waals surface area contributed by atoms with E-state index in [2.05, 4.69) is 9.89 Å². The molecule has 1 amide bonds. The van der Waals surface area contributed by atoms with Gasteiger partial charge in [-0.3, -0.25) is 4.79 Å². The van der Waals surface area contributed by atoms with Gasteiger partial charge in [-0.2, -0.15) is 4.99 Å². The Balaban J connectivity index is 1.64. The summed E-state index contributed by atoms with van der Waals surface area (Å²) in [7, 11) is 0. The van der Waals surface area contributed by atoms with E-state index in [0.29, 0.717) is 4.91 Å². The van der Waals surface area contributed by atoms with E-state index in [4.69, 9.17) is 5.11 Å². The molecule has 2 aliphatic heterocycles. The number of hydrogen-bond acceptors (Lipinski definition) is 5. The Bertz CT molecular complexity index is 652. The molecule has 2 aliphatic rings. The van der Waals surface area contributed by atoms with Crippen LogP contribution in [0.4, 0.5) is 0 Å². The van der Waals surface area contributed by atoms with E-state index in [0.717, 1.165) is 43.5 Å². The van der Waals surface area contributed by atoms with Crippen LogP contribution in [0.1, 0.15) is 5.56 Å². The summed E-state index contributed by atoms with van der Waals surface area (Å²) in [4.78, 5) is 20.3. The number of amidine groups is 1. The van der Waals surface area contributed by atoms with Gasteiger partial charge in [0.1, 0.15) is 6.54 Å². The van der Waals surface area contributed by atoms with Crippen LogP contribution in [0.25, 0.3) is 6.08 Å². The van der Waals surface area contributed by atoms with Gasteiger partial charge in [-0.1, -0.05) is 24.3 Å². The number of aliphatic hydroxyl groups is 1. The van der Waals surface area contributed by atoms with Crippen LogP contribution >= 0.6 is 11.8 Å². The monoisotopic (exact) mass is 333 g/mol. The minimum atomic E-state index is -0.244. The maximum absolute atomic E-state index is 12.1. The average molecular weight is 333 g/mol. The molecule has 0 unspecified atom stereocenters. The number of quaternary nitrogens is 1. The van der Waals surface area contributed by atoms with Gasteiger partial charge in [-0.25, -0.2) is 0 Å². The van der Waals surface area contributed by atoms with E-state index in [1.165, 1.54) is 28.8 Å². The predicted octanol–water partition coefficient (Wildman–Crippen LogP) is -1.08. The van der Waals surface area contributed by atoms with Crippen molar-refractivity contribution < 1.29 is 19.9 Å². The van der Waals surface area contributed by atoms with Crippen molar-refractivity contribution in [3.8, 4) is 5.75 Å². The maximum Gasteiger partial charge on any atom is 0.286 e. The number of nitrogens with zero attached hydrogens (tertiary/aromatic N) is 2. The van der Waals surface area contributed by atoms with Gasteiger partial charge in [0.15, 0.2) is 5.17 Å². The molecule has 1 fully saturated rings. The number of nitrogens with one attached hydrogen (secondary N) is 1. The van der Waals surface area contributed by atoms with Crippen molar-refractivity contribution in [2.75, 3.05) is 39.3 Å². The van der Waals surface area contributed by atoms with Gasteiger partial charge < -0.3 is 20.0 Å². The van der Waals surface area contributed by atoms with E-state index in [9.17, 15) is 9.90 Å². The van der Waals surface area contributed by atoms with Crippen LogP contribution in [0, 0.1) is 0 Å². The molecule has 1 aromatic rings. The van der Waals surface area contributed by atoms with Crippen LogP contribution in [-0.4, -0.2) is 60.4 Å². The highest BCUT2D eigenvalue weighted by molar-refractivity contribution is 8.18. The number of aliphatic imine (C=N–C) groups is 1. The second kappa shape index (κ2) is 7.16. The molecule has 7 heteroatoms. The van der Waals surface area contributed by atoms with Crippen molar-refractivity contribution in [1.29, 1.82) is 0 Å². The van der Waals surface area contributed by atoms with E-state index in [1.54, 1.807) is 18.2 Å². The fourth-order valence-corrected chi connectivity index (χ4v) is 3.68. The van der Waals surface area contributed by atoms with Crippen LogP contribution in [0.3, 0.4) is 0 Å². The van der Waals surface area contributed by atoms with Crippen LogP contribution < -0.4 is 10.0 Å². The summed E-state index contributed by atoms with van der Waals surface area (Å²) in [6.07, 6.45) is 1.72. The molecule has 0 spiro atoms. The Hall–Kier alpha value is -1.83. The number of amides is 1. The molecule has 6 nitrogen and oxygen atoms in total. The zero-order valence-corrected chi connectivity index (χ0v) is 13.5. The lowest BCUT2D eigenvalue weighted by atomic mass is 10.2. The fourth-order valence-electron chi connectivity index (χ4n) is 2.71. The number of carbonyl (C=O) groups excluding carboxylic acids is 1. The Morgan fingerprint density at radius 3 is 2.87 bits per heavy atom. The highest BCUT2D eigenvalue weighted by Gasteiger charge is 2.29. The normalized spacial score (nSPS) is 21.1. The highest BCUT2D eigenvalue weighted by Crippen LogP contribution is 2.30. The third kappa shape index (κ3) is 3.93. The molecule has 1 aromatic carbocycles. The lowest BCUT2D eigenvalue weighted by Crippen LogP contribution is -3.15. The van der Waals surface area contributed by atoms with E-state index < -0.39 is 0 Å². The number of aliphatic hydroxyl groups excluding tert-OH is 1. The van der Waals surface area contributed by atoms with Crippen molar-refractivity contribution in [2.45, 2.75) is 0 Å². The van der Waals surface area contributed by atoms with Crippen molar-refractivity contribution in [1.82, 2.24) is 4.90 Å². The fraction of sp³-hybridized carbons (Fsp3) is 0.375. The molecule has 2 N–H and O–H groups in total. The van der Waals surface area contributed by atoms with Crippen molar-refractivity contribution in [3.63, 3.8) is 0 Å². The van der Waals surface area contributed by atoms with Crippen LogP contribution in [-0.2, 0) is 4.79 Å². The molecular formula is C16H19N3O3S. The van der Waals surface area contributed by atoms with Crippen molar-refractivity contribution >= 4 is 28.9 Å². The molecule has 2 heterocycles. The van der Waals surface area contributed by atoms with Crippen molar-refractivity contribution in [3.05, 3.63) is 34.7 Å². The molecule has 0 aromatic heterocycles. The molecule has 23 heavy (non-hydrogen) atoms. The van der Waals surface area contributed by atoms with Gasteiger partial charge in [0.05, 0.1) is 37.7 Å². The minimum absolute atomic E-state index is 0.0704. The van der Waals surface area contributed by atoms with Gasteiger partial charge >= 0.3 is 0 Å². The summed E-state index contributed by atoms with van der Waals surface area (Å²) >= 11 is 1.37. The standard InChI is InChI=1S/C16H19N3O3S/c20-9-8-18-4-6-19(7-5-18)16-17-15(22)14(23-16)11-12-2-1-3-13(21)10-12/h1-3,10-11,20-21H,4-9H2/b14-11-. The lowest BCUT2D eigenvalue weighted by Gasteiger charge is -2.32. The Morgan fingerprint density at radius 1 is 1.39 bits per heavy atom. The van der Waals surface area contributed by atoms with Gasteiger partial charge in [0.25, 0.3) is 5.91 Å². The second-order valence-corrected chi connectivity index (χ2v) is 6.60. The van der Waals surface area contributed by atoms with Crippen LogP contribution in [0.15, 0.2) is 34.2 Å². The molecular weight excluding hydrogens is 314 g/mol. The zero-order chi connectivity index (χ0) is 16.2. The number of thioether (sulfide) groups is 1. The minimum Gasteiger partial charge on any atom is -0.872 e. The molecule has 0 saturated carbocycles. The summed E-state index contributed by atoms with van der Waals surface area (Å²) in [5, 5.41) is 21.1. The molecule has 122 valence electrons. The Labute approximate surface area is 139 Å². The first-order chi connectivity index (χ1) is 11.2. The van der Waals surface area contributed by atoms with Gasteiger partial charge in [0, 0.05) is 0 Å². The first-order valence-electron chi connectivity index (χ1n) is 7.65. The smallest absolute Gasteiger partial charge is 0.286 e. The number of hydrogen-bond donors (Lipinski definition) is 2. The summed E-state index contributed by atoms with van der Waals surface area (Å²) in [6, 6.07) is 6.48. The topological polar surface area (TPSA) is 80.4 Å². The van der Waals surface area contributed by atoms with E-state index in [-0.39, 0.29) is 18.3 Å². The highest BCUT2D eigenvalue weighted by atomic mass is 32.2. The van der Waals surface area contributed by atoms with Crippen LogP contribution in [0.2, 0.25) is 0 Å². The predicted molar refractivity (Wildman–Crippen MR) is 88.1 cm³/mol. The van der Waals surface area contributed by atoms with Crippen LogP contribution in [0.5, 0.6) is 5.75 Å². The lowest BCUT2D eigenvalue weighted by molar-refractivity contribution is -0.904. The maximum atomic E-state index is 12.1. The van der Waals surface area contributed by atoms with Crippen molar-refractivity contribution in [2.24, 2.45) is 4.99 Å². The molecule has 1 saturated heterocycles. The number of rotatable bonds is 3. The molecule has 0 bridgehead atoms. The first-order valence-corrected chi connectivity index (χ1v) is 8.46. The molecule has 0 radical (unpaired) electrons. The van der Waals surface area contributed by atoms with Gasteiger partial charge in [-0.15, -0.1) is 5.75 Å².